The topological polar surface area (TPSA) is 75.1 Å². The fourth-order valence-corrected chi connectivity index (χ4v) is 2.15. The third kappa shape index (κ3) is 3.62. The SMILES string of the molecule is O=C(Nc1cccc(C(O)=Cc2ccnc(Cl)n2)c1)C1CC1. The first kappa shape index (κ1) is 14.5. The fraction of sp³-hybridized carbons (Fsp3) is 0.188. The van der Waals surface area contributed by atoms with E-state index in [4.69, 9.17) is 11.6 Å². The van der Waals surface area contributed by atoms with Crippen molar-refractivity contribution in [2.45, 2.75) is 12.8 Å². The molecule has 22 heavy (non-hydrogen) atoms. The van der Waals surface area contributed by atoms with E-state index in [9.17, 15) is 9.90 Å². The van der Waals surface area contributed by atoms with E-state index < -0.39 is 0 Å². The van der Waals surface area contributed by atoms with Gasteiger partial charge in [-0.25, -0.2) is 9.97 Å². The molecule has 1 aromatic heterocycles. The van der Waals surface area contributed by atoms with Gasteiger partial charge in [-0.15, -0.1) is 0 Å². The molecule has 2 aromatic rings. The molecule has 1 heterocycles. The monoisotopic (exact) mass is 315 g/mol. The highest BCUT2D eigenvalue weighted by atomic mass is 35.5. The molecule has 5 nitrogen and oxygen atoms in total. The van der Waals surface area contributed by atoms with E-state index in [1.165, 1.54) is 12.3 Å². The fourth-order valence-electron chi connectivity index (χ4n) is 2.00. The molecule has 112 valence electrons. The number of carbonyl (C=O) groups is 1. The lowest BCUT2D eigenvalue weighted by Gasteiger charge is -2.06. The molecule has 0 aliphatic heterocycles. The smallest absolute Gasteiger partial charge is 0.227 e. The van der Waals surface area contributed by atoms with Crippen LogP contribution >= 0.6 is 11.6 Å². The third-order valence-corrected chi connectivity index (χ3v) is 3.49. The van der Waals surface area contributed by atoms with Crippen molar-refractivity contribution in [1.82, 2.24) is 9.97 Å². The van der Waals surface area contributed by atoms with Gasteiger partial charge in [0.25, 0.3) is 0 Å². The molecule has 6 heteroatoms. The second kappa shape index (κ2) is 6.15. The van der Waals surface area contributed by atoms with Crippen molar-refractivity contribution in [2.75, 3.05) is 5.32 Å². The van der Waals surface area contributed by atoms with Crippen molar-refractivity contribution in [1.29, 1.82) is 0 Å². The molecule has 0 bridgehead atoms. The van der Waals surface area contributed by atoms with E-state index in [2.05, 4.69) is 15.3 Å². The van der Waals surface area contributed by atoms with Gasteiger partial charge in [0, 0.05) is 29.4 Å². The van der Waals surface area contributed by atoms with Crippen LogP contribution in [0.4, 0.5) is 5.69 Å². The Balaban J connectivity index is 1.79. The van der Waals surface area contributed by atoms with Gasteiger partial charge >= 0.3 is 0 Å². The molecule has 0 spiro atoms. The van der Waals surface area contributed by atoms with Gasteiger partial charge in [0.15, 0.2) is 0 Å². The molecule has 3 rings (SSSR count). The Kier molecular flexibility index (Phi) is 4.06. The van der Waals surface area contributed by atoms with Crippen LogP contribution in [-0.4, -0.2) is 21.0 Å². The minimum Gasteiger partial charge on any atom is -0.507 e. The molecule has 0 unspecified atom stereocenters. The summed E-state index contributed by atoms with van der Waals surface area (Å²) in [5.74, 6) is 0.205. The van der Waals surface area contributed by atoms with E-state index in [-0.39, 0.29) is 22.9 Å². The summed E-state index contributed by atoms with van der Waals surface area (Å²) in [4.78, 5) is 19.5. The predicted molar refractivity (Wildman–Crippen MR) is 85.3 cm³/mol. The second-order valence-corrected chi connectivity index (χ2v) is 5.46. The van der Waals surface area contributed by atoms with Crippen molar-refractivity contribution >= 4 is 35.0 Å². The number of aromatic nitrogens is 2. The van der Waals surface area contributed by atoms with Crippen molar-refractivity contribution < 1.29 is 9.90 Å². The van der Waals surface area contributed by atoms with Gasteiger partial charge in [0.2, 0.25) is 11.2 Å². The minimum absolute atomic E-state index is 0.0307. The Hall–Kier alpha value is -2.40. The average molecular weight is 316 g/mol. The lowest BCUT2D eigenvalue weighted by Crippen LogP contribution is -2.13. The number of carbonyl (C=O) groups excluding carboxylic acids is 1. The Morgan fingerprint density at radius 3 is 2.91 bits per heavy atom. The number of amides is 1. The summed E-state index contributed by atoms with van der Waals surface area (Å²) < 4.78 is 0. The maximum atomic E-state index is 11.8. The van der Waals surface area contributed by atoms with E-state index >= 15 is 0 Å². The van der Waals surface area contributed by atoms with Crippen molar-refractivity contribution in [3.05, 3.63) is 53.1 Å². The van der Waals surface area contributed by atoms with Crippen molar-refractivity contribution in [3.8, 4) is 0 Å². The summed E-state index contributed by atoms with van der Waals surface area (Å²) in [6.07, 6.45) is 4.91. The molecule has 1 aliphatic rings. The Bertz CT molecular complexity index is 742. The molecule has 1 aliphatic carbocycles. The van der Waals surface area contributed by atoms with Gasteiger partial charge in [-0.2, -0.15) is 0 Å². The normalized spacial score (nSPS) is 14.7. The summed E-state index contributed by atoms with van der Waals surface area (Å²) >= 11 is 5.71. The zero-order chi connectivity index (χ0) is 15.5. The molecular weight excluding hydrogens is 302 g/mol. The predicted octanol–water partition coefficient (Wildman–Crippen LogP) is 3.53. The van der Waals surface area contributed by atoms with E-state index in [0.29, 0.717) is 16.9 Å². The molecule has 1 amide bonds. The van der Waals surface area contributed by atoms with E-state index in [1.807, 2.05) is 0 Å². The average Bonchev–Trinajstić information content (AvgIpc) is 3.32. The van der Waals surface area contributed by atoms with Crippen LogP contribution in [0.25, 0.3) is 11.8 Å². The molecule has 1 saturated carbocycles. The first-order chi connectivity index (χ1) is 10.6. The van der Waals surface area contributed by atoms with Gasteiger partial charge in [0.05, 0.1) is 5.69 Å². The van der Waals surface area contributed by atoms with E-state index in [0.717, 1.165) is 12.8 Å². The molecule has 1 fully saturated rings. The standard InChI is InChI=1S/C16H14ClN3O2/c17-16-18-7-6-13(20-16)9-14(21)11-2-1-3-12(8-11)19-15(22)10-4-5-10/h1-3,6-10,21H,4-5H2,(H,19,22). The maximum Gasteiger partial charge on any atom is 0.227 e. The van der Waals surface area contributed by atoms with Crippen LogP contribution < -0.4 is 5.32 Å². The van der Waals surface area contributed by atoms with Crippen molar-refractivity contribution in [2.24, 2.45) is 5.92 Å². The summed E-state index contributed by atoms with van der Waals surface area (Å²) in [6.45, 7) is 0. The van der Waals surface area contributed by atoms with Crippen LogP contribution in [0.2, 0.25) is 5.28 Å². The van der Waals surface area contributed by atoms with Crippen LogP contribution in [0, 0.1) is 5.92 Å². The van der Waals surface area contributed by atoms with Crippen LogP contribution in [-0.2, 0) is 4.79 Å². The molecular formula is C16H14ClN3O2. The number of halogens is 1. The van der Waals surface area contributed by atoms with Crippen molar-refractivity contribution in [3.63, 3.8) is 0 Å². The maximum absolute atomic E-state index is 11.8. The number of hydrogen-bond acceptors (Lipinski definition) is 4. The highest BCUT2D eigenvalue weighted by Gasteiger charge is 2.29. The van der Waals surface area contributed by atoms with Gasteiger partial charge in [-0.05, 0) is 42.6 Å². The number of nitrogens with one attached hydrogen (secondary N) is 1. The number of benzene rings is 1. The number of rotatable bonds is 4. The lowest BCUT2D eigenvalue weighted by molar-refractivity contribution is -0.117. The molecule has 0 radical (unpaired) electrons. The number of anilines is 1. The lowest BCUT2D eigenvalue weighted by atomic mass is 10.1. The largest absolute Gasteiger partial charge is 0.507 e. The van der Waals surface area contributed by atoms with Crippen LogP contribution in [0.3, 0.4) is 0 Å². The highest BCUT2D eigenvalue weighted by Crippen LogP contribution is 2.30. The Morgan fingerprint density at radius 2 is 2.18 bits per heavy atom. The third-order valence-electron chi connectivity index (χ3n) is 3.31. The highest BCUT2D eigenvalue weighted by molar-refractivity contribution is 6.28. The first-order valence-corrected chi connectivity index (χ1v) is 7.30. The number of nitrogens with zero attached hydrogens (tertiary/aromatic N) is 2. The molecule has 2 N–H and O–H groups in total. The summed E-state index contributed by atoms with van der Waals surface area (Å²) in [7, 11) is 0. The van der Waals surface area contributed by atoms with Crippen LogP contribution in [0.15, 0.2) is 36.5 Å². The van der Waals surface area contributed by atoms with Gasteiger partial charge in [0.1, 0.15) is 5.76 Å². The second-order valence-electron chi connectivity index (χ2n) is 5.12. The van der Waals surface area contributed by atoms with E-state index in [1.54, 1.807) is 30.3 Å². The van der Waals surface area contributed by atoms with Crippen LogP contribution in [0.1, 0.15) is 24.1 Å². The Morgan fingerprint density at radius 1 is 1.36 bits per heavy atom. The Labute approximate surface area is 132 Å². The van der Waals surface area contributed by atoms with Crippen LogP contribution in [0.5, 0.6) is 0 Å². The minimum atomic E-state index is 0.0307. The number of hydrogen-bond donors (Lipinski definition) is 2. The molecule has 0 atom stereocenters. The molecule has 0 saturated heterocycles. The zero-order valence-electron chi connectivity index (χ0n) is 11.7. The number of aliphatic hydroxyl groups is 1. The zero-order valence-corrected chi connectivity index (χ0v) is 12.4. The summed E-state index contributed by atoms with van der Waals surface area (Å²) in [5.41, 5.74) is 1.75. The van der Waals surface area contributed by atoms with Gasteiger partial charge in [-0.1, -0.05) is 12.1 Å². The number of aliphatic hydroxyl groups excluding tert-OH is 1. The quantitative estimate of drug-likeness (QED) is 0.668. The summed E-state index contributed by atoms with van der Waals surface area (Å²) in [5, 5.41) is 13.2. The first-order valence-electron chi connectivity index (χ1n) is 6.92. The van der Waals surface area contributed by atoms with Gasteiger partial charge in [-0.3, -0.25) is 4.79 Å². The molecule has 1 aromatic carbocycles. The van der Waals surface area contributed by atoms with Gasteiger partial charge < -0.3 is 10.4 Å². The summed E-state index contributed by atoms with van der Waals surface area (Å²) in [6, 6.07) is 8.67.